The van der Waals surface area contributed by atoms with Crippen LogP contribution >= 0.6 is 0 Å². The van der Waals surface area contributed by atoms with E-state index in [0.29, 0.717) is 23.7 Å². The minimum atomic E-state index is 0.0620. The Labute approximate surface area is 413 Å². The Bertz CT molecular complexity index is 2640. The Kier molecular flexibility index (Phi) is 15.3. The van der Waals surface area contributed by atoms with E-state index < -0.39 is 0 Å². The molecule has 4 aliphatic carbocycles. The van der Waals surface area contributed by atoms with Gasteiger partial charge in [0, 0.05) is 38.6 Å². The Morgan fingerprint density at radius 3 is 1.51 bits per heavy atom. The van der Waals surface area contributed by atoms with Crippen LogP contribution in [0.1, 0.15) is 207 Å². The maximum absolute atomic E-state index is 2.83. The van der Waals surface area contributed by atoms with Gasteiger partial charge in [0.2, 0.25) is 0 Å². The summed E-state index contributed by atoms with van der Waals surface area (Å²) >= 11 is 0. The molecule has 4 aliphatic rings. The van der Waals surface area contributed by atoms with E-state index in [-0.39, 0.29) is 16.9 Å². The predicted octanol–water partition coefficient (Wildman–Crippen LogP) is 20.4. The van der Waals surface area contributed by atoms with Crippen molar-refractivity contribution in [1.29, 1.82) is 0 Å². The average molecular weight is 907 g/mol. The van der Waals surface area contributed by atoms with Crippen LogP contribution in [-0.4, -0.2) is 6.04 Å². The van der Waals surface area contributed by atoms with Gasteiger partial charge in [0.1, 0.15) is 0 Å². The maximum atomic E-state index is 2.83. The Morgan fingerprint density at radius 2 is 1.06 bits per heavy atom. The van der Waals surface area contributed by atoms with Gasteiger partial charge >= 0.3 is 0 Å². The van der Waals surface area contributed by atoms with Gasteiger partial charge in [-0.2, -0.15) is 0 Å². The van der Waals surface area contributed by atoms with Crippen LogP contribution in [0.5, 0.6) is 0 Å². The van der Waals surface area contributed by atoms with Crippen molar-refractivity contribution in [2.75, 3.05) is 9.80 Å². The van der Waals surface area contributed by atoms with Crippen molar-refractivity contribution >= 4 is 44.3 Å². The molecule has 1 unspecified atom stereocenters. The molecule has 2 fully saturated rings. The fourth-order valence-corrected chi connectivity index (χ4v) is 11.8. The zero-order valence-electron chi connectivity index (χ0n) is 44.4. The van der Waals surface area contributed by atoms with Crippen LogP contribution in [0, 0.1) is 11.3 Å². The second kappa shape index (κ2) is 21.0. The first kappa shape index (κ1) is 49.6. The molecule has 5 aromatic rings. The molecule has 5 aromatic carbocycles. The third kappa shape index (κ3) is 10.5. The van der Waals surface area contributed by atoms with Crippen LogP contribution in [0.15, 0.2) is 132 Å². The molecule has 0 amide bonds. The number of rotatable bonds is 10. The molecule has 2 heteroatoms. The minimum absolute atomic E-state index is 0.0620. The Hall–Kier alpha value is -4.82. The highest BCUT2D eigenvalue weighted by Crippen LogP contribution is 2.52. The van der Waals surface area contributed by atoms with Crippen molar-refractivity contribution in [3.05, 3.63) is 154 Å². The summed E-state index contributed by atoms with van der Waals surface area (Å²) in [6.07, 6.45) is 28.8. The van der Waals surface area contributed by atoms with Crippen molar-refractivity contribution in [3.63, 3.8) is 0 Å². The topological polar surface area (TPSA) is 6.48 Å². The van der Waals surface area contributed by atoms with E-state index in [2.05, 4.69) is 194 Å². The number of hydrogen-bond acceptors (Lipinski definition) is 2. The number of hydrogen-bond donors (Lipinski definition) is 0. The summed E-state index contributed by atoms with van der Waals surface area (Å²) in [6, 6.07) is 34.8. The first-order valence-corrected chi connectivity index (χ1v) is 27.3. The van der Waals surface area contributed by atoms with Gasteiger partial charge in [0.05, 0.1) is 17.4 Å². The summed E-state index contributed by atoms with van der Waals surface area (Å²) in [7, 11) is 0. The van der Waals surface area contributed by atoms with Gasteiger partial charge in [-0.15, -0.1) is 0 Å². The molecule has 360 valence electrons. The van der Waals surface area contributed by atoms with Crippen molar-refractivity contribution in [2.45, 2.75) is 196 Å². The lowest BCUT2D eigenvalue weighted by atomic mass is 9.81. The van der Waals surface area contributed by atoms with Gasteiger partial charge in [-0.25, -0.2) is 0 Å². The standard InChI is InChI=1S/C64H80N2.C2H6/c1-43(2)45-21-31-53(32-22-45)65(55-35-27-51(28-36-55)63(5,6)7)61-57-39-25-50(48-19-15-12-16-20-48)42-60(57)62(58-40-26-49(41-59(58)61)47-17-13-11-14-18-47)66(54-33-23-46(24-34-54)44(3)4)56-37-29-52(30-38-56)64(8,9)10;1-2/h21-23,25-33,35-37,39-44,47-48,56H,11-20,24,34,38H2,1-10H3;1-2H3. The molecule has 0 spiro atoms. The molecule has 0 saturated heterocycles. The van der Waals surface area contributed by atoms with Gasteiger partial charge in [-0.3, -0.25) is 0 Å². The van der Waals surface area contributed by atoms with Crippen molar-refractivity contribution < 1.29 is 0 Å². The molecule has 0 N–H and O–H groups in total. The normalized spacial score (nSPS) is 18.6. The molecular weight excluding hydrogens is 821 g/mol. The average Bonchev–Trinajstić information content (AvgIpc) is 3.35. The first-order chi connectivity index (χ1) is 32.7. The largest absolute Gasteiger partial charge is 0.337 e. The highest BCUT2D eigenvalue weighted by atomic mass is 15.2. The molecule has 9 rings (SSSR count). The number of allylic oxidation sites excluding steroid dienone is 6. The van der Waals surface area contributed by atoms with Gasteiger partial charge in [0.25, 0.3) is 0 Å². The van der Waals surface area contributed by atoms with Crippen LogP contribution in [-0.2, 0) is 5.41 Å². The van der Waals surface area contributed by atoms with Gasteiger partial charge in [-0.1, -0.05) is 200 Å². The van der Waals surface area contributed by atoms with Crippen molar-refractivity contribution in [1.82, 2.24) is 0 Å². The summed E-state index contributed by atoms with van der Waals surface area (Å²) in [4.78, 5) is 5.47. The molecule has 0 radical (unpaired) electrons. The number of benzene rings is 5. The van der Waals surface area contributed by atoms with E-state index in [1.807, 2.05) is 13.8 Å². The van der Waals surface area contributed by atoms with Crippen molar-refractivity contribution in [2.24, 2.45) is 11.3 Å². The highest BCUT2D eigenvalue weighted by Gasteiger charge is 2.32. The number of fused-ring (bicyclic) bond motifs is 2. The van der Waals surface area contributed by atoms with Crippen LogP contribution in [0.25, 0.3) is 21.5 Å². The zero-order chi connectivity index (χ0) is 48.3. The van der Waals surface area contributed by atoms with Crippen LogP contribution in [0.4, 0.5) is 22.7 Å². The molecule has 0 aliphatic heterocycles. The number of nitrogens with zero attached hydrogens (tertiary/aromatic N) is 2. The minimum Gasteiger partial charge on any atom is -0.337 e. The molecule has 0 heterocycles. The van der Waals surface area contributed by atoms with Crippen molar-refractivity contribution in [3.8, 4) is 0 Å². The fourth-order valence-electron chi connectivity index (χ4n) is 11.8. The quantitative estimate of drug-likeness (QED) is 0.102. The lowest BCUT2D eigenvalue weighted by Crippen LogP contribution is -2.35. The van der Waals surface area contributed by atoms with E-state index in [1.54, 1.807) is 5.57 Å². The van der Waals surface area contributed by atoms with Gasteiger partial charge < -0.3 is 9.80 Å². The summed E-state index contributed by atoms with van der Waals surface area (Å²) in [6.45, 7) is 27.4. The molecule has 2 nitrogen and oxygen atoms in total. The second-order valence-corrected chi connectivity index (χ2v) is 23.4. The summed E-state index contributed by atoms with van der Waals surface area (Å²) in [5, 5.41) is 5.46. The summed E-state index contributed by atoms with van der Waals surface area (Å²) in [5.41, 5.74) is 15.5. The molecule has 0 aromatic heterocycles. The lowest BCUT2D eigenvalue weighted by molar-refractivity contribution is 0.444. The van der Waals surface area contributed by atoms with E-state index in [0.717, 1.165) is 19.3 Å². The predicted molar refractivity (Wildman–Crippen MR) is 300 cm³/mol. The van der Waals surface area contributed by atoms with Gasteiger partial charge in [0.15, 0.2) is 0 Å². The lowest BCUT2D eigenvalue weighted by Gasteiger charge is -2.40. The van der Waals surface area contributed by atoms with Crippen LogP contribution in [0.2, 0.25) is 0 Å². The Balaban J connectivity index is 0.00000308. The van der Waals surface area contributed by atoms with E-state index in [9.17, 15) is 0 Å². The third-order valence-corrected chi connectivity index (χ3v) is 16.0. The highest BCUT2D eigenvalue weighted by molar-refractivity contribution is 6.22. The molecule has 0 bridgehead atoms. The van der Waals surface area contributed by atoms with E-state index >= 15 is 0 Å². The summed E-state index contributed by atoms with van der Waals surface area (Å²) < 4.78 is 0. The molecule has 2 saturated carbocycles. The van der Waals surface area contributed by atoms with E-state index in [4.69, 9.17) is 0 Å². The second-order valence-electron chi connectivity index (χ2n) is 23.4. The van der Waals surface area contributed by atoms with Crippen LogP contribution in [0.3, 0.4) is 0 Å². The SMILES string of the molecule is CC.CC(C)C1=CC=C(N(c2c3ccc(C4CCCCC4)cc3c(N(c3ccc(C(C)C)cc3)c3ccc(C(C)(C)C)cc3)c3ccc(C4CCCCC4)cc23)C2C=CC(C(C)(C)C)=CC2)CC1. The van der Waals surface area contributed by atoms with Crippen LogP contribution < -0.4 is 9.80 Å². The molecule has 68 heavy (non-hydrogen) atoms. The Morgan fingerprint density at radius 1 is 0.529 bits per heavy atom. The zero-order valence-corrected chi connectivity index (χ0v) is 44.4. The van der Waals surface area contributed by atoms with Gasteiger partial charge in [-0.05, 0) is 150 Å². The monoisotopic (exact) mass is 907 g/mol. The third-order valence-electron chi connectivity index (χ3n) is 16.0. The van der Waals surface area contributed by atoms with E-state index in [1.165, 1.54) is 142 Å². The molecule has 1 atom stereocenters. The maximum Gasteiger partial charge on any atom is 0.0620 e. The number of anilines is 4. The first-order valence-electron chi connectivity index (χ1n) is 27.3. The molecular formula is C66H86N2. The summed E-state index contributed by atoms with van der Waals surface area (Å²) in [5.74, 6) is 2.20. The fraction of sp³-hybridized carbons (Fsp3) is 0.485. The smallest absolute Gasteiger partial charge is 0.0620 e.